The summed E-state index contributed by atoms with van der Waals surface area (Å²) in [7, 11) is 0. The number of allylic oxidation sites excluding steroid dienone is 8. The third kappa shape index (κ3) is 16.6. The maximum Gasteiger partial charge on any atom is -0.109 e. The number of hydrogen-bond donors (Lipinski definition) is 0. The summed E-state index contributed by atoms with van der Waals surface area (Å²) >= 11 is 1.45. The van der Waals surface area contributed by atoms with Crippen LogP contribution in [0.3, 0.4) is 0 Å². The Balaban J connectivity index is -0.000000185. The standard InChI is InChI=1S/C7H9.C5H5.C2H6Si.2ClH.Hf/c1-6-4-3-5-7(6)2;1-2-4-5-3-1;1-3-2;;;/h4H,5H2,1-2H3;1-3H,4H2;1-2H3;2*1H;/q2*-1;;;;+2. The molecule has 100 valence electrons. The molecule has 2 rings (SSSR count). The van der Waals surface area contributed by atoms with Gasteiger partial charge in [0.1, 0.15) is 0 Å². The quantitative estimate of drug-likeness (QED) is 0.347. The predicted octanol–water partition coefficient (Wildman–Crippen LogP) is 5.02. The second-order valence-electron chi connectivity index (χ2n) is 3.99. The Morgan fingerprint density at radius 1 is 1.17 bits per heavy atom. The molecule has 0 radical (unpaired) electrons. The molecule has 4 heteroatoms. The van der Waals surface area contributed by atoms with E-state index in [4.69, 9.17) is 0 Å². The third-order valence-corrected chi connectivity index (χ3v) is 1.94. The minimum absolute atomic E-state index is 0. The van der Waals surface area contributed by atoms with Crippen molar-refractivity contribution in [3.63, 3.8) is 0 Å². The molecule has 0 amide bonds. The van der Waals surface area contributed by atoms with Gasteiger partial charge in [0.2, 0.25) is 0 Å². The summed E-state index contributed by atoms with van der Waals surface area (Å²) in [5, 5.41) is 0. The molecule has 0 aromatic heterocycles. The second-order valence-corrected chi connectivity index (χ2v) is 16.8. The van der Waals surface area contributed by atoms with Gasteiger partial charge in [-0.15, -0.1) is 44.6 Å². The van der Waals surface area contributed by atoms with Gasteiger partial charge >= 0.3 is 41.6 Å². The molecule has 0 spiro atoms. The van der Waals surface area contributed by atoms with Crippen molar-refractivity contribution in [3.05, 3.63) is 47.6 Å². The first kappa shape index (κ1) is 23.7. The van der Waals surface area contributed by atoms with Gasteiger partial charge in [0.15, 0.2) is 0 Å². The summed E-state index contributed by atoms with van der Waals surface area (Å²) in [4.78, 5) is 0. The van der Waals surface area contributed by atoms with Crippen LogP contribution in [0.1, 0.15) is 26.7 Å². The molecule has 0 nitrogen and oxygen atoms in total. The number of halogens is 2. The molecule has 0 atom stereocenters. The van der Waals surface area contributed by atoms with Gasteiger partial charge in [-0.05, 0) is 0 Å². The zero-order valence-electron chi connectivity index (χ0n) is 11.5. The Hall–Kier alpha value is 0.627. The van der Waals surface area contributed by atoms with Crippen molar-refractivity contribution in [2.75, 3.05) is 0 Å². The third-order valence-electron chi connectivity index (χ3n) is 1.94. The molecule has 0 bridgehead atoms. The predicted molar refractivity (Wildman–Crippen MR) is 84.4 cm³/mol. The number of rotatable bonds is 0. The molecular weight excluding hydrogens is 446 g/mol. The van der Waals surface area contributed by atoms with Crippen molar-refractivity contribution in [1.29, 1.82) is 0 Å². The van der Waals surface area contributed by atoms with Crippen LogP contribution in [-0.2, 0) is 23.0 Å². The summed E-state index contributed by atoms with van der Waals surface area (Å²) in [5.74, 6) is 0. The van der Waals surface area contributed by atoms with Crippen molar-refractivity contribution >= 4 is 30.3 Å². The molecule has 2 aliphatic carbocycles. The Morgan fingerprint density at radius 3 is 1.83 bits per heavy atom. The molecule has 0 saturated heterocycles. The molecule has 0 heterocycles. The maximum atomic E-state index is 3.12. The fourth-order valence-corrected chi connectivity index (χ4v) is 0.960. The SMILES string of the molecule is CC1=C(C)C[C-]=C1.C[Si](C)=[Hf+2].Cl.Cl.[C-]1=CC=CC1. The van der Waals surface area contributed by atoms with Crippen LogP contribution < -0.4 is 0 Å². The summed E-state index contributed by atoms with van der Waals surface area (Å²) in [6.07, 6.45) is 16.2. The summed E-state index contributed by atoms with van der Waals surface area (Å²) in [5.41, 5.74) is 3.11. The van der Waals surface area contributed by atoms with Crippen LogP contribution in [0.15, 0.2) is 35.5 Å². The molecule has 2 aliphatic rings. The monoisotopic (exact) mass is 468 g/mol. The van der Waals surface area contributed by atoms with Gasteiger partial charge < -0.3 is 0 Å². The van der Waals surface area contributed by atoms with E-state index in [1.807, 2.05) is 12.2 Å². The van der Waals surface area contributed by atoms with E-state index in [9.17, 15) is 0 Å². The van der Waals surface area contributed by atoms with Crippen LogP contribution in [0.5, 0.6) is 0 Å². The normalized spacial score (nSPS) is 13.9. The largest absolute Gasteiger partial charge is 0.273 e. The fourth-order valence-electron chi connectivity index (χ4n) is 0.960. The van der Waals surface area contributed by atoms with Gasteiger partial charge in [0.25, 0.3) is 0 Å². The summed E-state index contributed by atoms with van der Waals surface area (Å²) in [6.45, 7) is 8.93. The smallest absolute Gasteiger partial charge is 0.109 e. The molecule has 0 saturated carbocycles. The van der Waals surface area contributed by atoms with Crippen molar-refractivity contribution in [2.45, 2.75) is 39.8 Å². The number of hydrogen-bond acceptors (Lipinski definition) is 0. The molecular formula is C14H22Cl2HfSi. The summed E-state index contributed by atoms with van der Waals surface area (Å²) in [6, 6.07) is 0. The zero-order valence-corrected chi connectivity index (χ0v) is 17.8. The average Bonchev–Trinajstić information content (AvgIpc) is 2.81. The fraction of sp³-hybridized carbons (Fsp3) is 0.429. The van der Waals surface area contributed by atoms with Crippen molar-refractivity contribution in [1.82, 2.24) is 0 Å². The van der Waals surface area contributed by atoms with Gasteiger partial charge in [-0.3, -0.25) is 12.2 Å². The van der Waals surface area contributed by atoms with Crippen molar-refractivity contribution in [3.8, 4) is 0 Å². The van der Waals surface area contributed by atoms with Gasteiger partial charge in [0.05, 0.1) is 0 Å². The first-order valence-corrected chi connectivity index (χ1v) is 13.4. The van der Waals surface area contributed by atoms with Gasteiger partial charge in [-0.1, -0.05) is 6.92 Å². The molecule has 0 N–H and O–H groups in total. The van der Waals surface area contributed by atoms with Gasteiger partial charge in [-0.2, -0.15) is 11.6 Å². The van der Waals surface area contributed by atoms with E-state index in [0.29, 0.717) is 0 Å². The molecule has 18 heavy (non-hydrogen) atoms. The zero-order chi connectivity index (χ0) is 12.4. The first-order valence-electron chi connectivity index (χ1n) is 5.50. The second kappa shape index (κ2) is 15.7. The van der Waals surface area contributed by atoms with E-state index < -0.39 is 0 Å². The topological polar surface area (TPSA) is 0 Å². The van der Waals surface area contributed by atoms with Crippen LogP contribution in [0.4, 0.5) is 0 Å². The van der Waals surface area contributed by atoms with Crippen LogP contribution in [0.2, 0.25) is 13.1 Å². The Morgan fingerprint density at radius 2 is 1.72 bits per heavy atom. The van der Waals surface area contributed by atoms with E-state index in [2.05, 4.69) is 51.2 Å². The minimum atomic E-state index is 0. The van der Waals surface area contributed by atoms with E-state index >= 15 is 0 Å². The van der Waals surface area contributed by atoms with E-state index in [0.717, 1.165) is 12.8 Å². The Kier molecular flexibility index (Phi) is 20.7. The van der Waals surface area contributed by atoms with Crippen molar-refractivity contribution in [2.24, 2.45) is 0 Å². The molecule has 0 aromatic rings. The Bertz CT molecular complexity index is 328. The van der Waals surface area contributed by atoms with Crippen LogP contribution in [0, 0.1) is 12.2 Å². The maximum absolute atomic E-state index is 3.12. The Labute approximate surface area is 140 Å². The van der Waals surface area contributed by atoms with Crippen LogP contribution >= 0.6 is 24.8 Å². The van der Waals surface area contributed by atoms with Crippen LogP contribution in [-0.4, -0.2) is 5.49 Å². The van der Waals surface area contributed by atoms with E-state index in [1.165, 1.54) is 34.1 Å². The van der Waals surface area contributed by atoms with E-state index in [-0.39, 0.29) is 30.3 Å². The van der Waals surface area contributed by atoms with Gasteiger partial charge in [0, 0.05) is 0 Å². The van der Waals surface area contributed by atoms with Gasteiger partial charge in [-0.25, -0.2) is 23.8 Å². The molecule has 0 unspecified atom stereocenters. The van der Waals surface area contributed by atoms with Crippen molar-refractivity contribution < 1.29 is 23.0 Å². The first-order chi connectivity index (χ1) is 7.54. The minimum Gasteiger partial charge on any atom is -0.273 e. The molecule has 0 aromatic carbocycles. The molecule has 0 aliphatic heterocycles. The molecule has 0 fully saturated rings. The average molecular weight is 468 g/mol. The summed E-state index contributed by atoms with van der Waals surface area (Å²) < 4.78 is 0. The van der Waals surface area contributed by atoms with Crippen LogP contribution in [0.25, 0.3) is 0 Å². The van der Waals surface area contributed by atoms with E-state index in [1.54, 1.807) is 0 Å².